The van der Waals surface area contributed by atoms with Crippen molar-refractivity contribution in [2.45, 2.75) is 38.6 Å². The number of carbonyl (C=O) groups excluding carboxylic acids is 1. The fraction of sp³-hybridized carbons (Fsp3) is 0.389. The smallest absolute Gasteiger partial charge is 0.233 e. The number of rotatable bonds is 3. The minimum Gasteiger partial charge on any atom is -0.334 e. The molecule has 124 valence electrons. The molecule has 0 saturated carbocycles. The van der Waals surface area contributed by atoms with Gasteiger partial charge in [-0.1, -0.05) is 0 Å². The molecule has 1 fully saturated rings. The van der Waals surface area contributed by atoms with Gasteiger partial charge in [0.15, 0.2) is 0 Å². The molecule has 3 aromatic rings. The van der Waals surface area contributed by atoms with Gasteiger partial charge in [-0.15, -0.1) is 11.3 Å². The summed E-state index contributed by atoms with van der Waals surface area (Å²) in [6.45, 7) is 2.89. The van der Waals surface area contributed by atoms with Crippen LogP contribution in [0.15, 0.2) is 36.8 Å². The molecule has 1 saturated heterocycles. The number of fused-ring (bicyclic) bond motifs is 1. The van der Waals surface area contributed by atoms with Crippen LogP contribution < -0.4 is 0 Å². The molecule has 1 aliphatic heterocycles. The third-order valence-corrected chi connectivity index (χ3v) is 5.57. The topological polar surface area (TPSA) is 50.5 Å². The highest BCUT2D eigenvalue weighted by atomic mass is 32.1. The number of piperidine rings is 1. The summed E-state index contributed by atoms with van der Waals surface area (Å²) in [5, 5.41) is 0. The van der Waals surface area contributed by atoms with Gasteiger partial charge in [-0.2, -0.15) is 0 Å². The lowest BCUT2D eigenvalue weighted by atomic mass is 9.98. The van der Waals surface area contributed by atoms with Crippen molar-refractivity contribution >= 4 is 23.0 Å². The fourth-order valence-electron chi connectivity index (χ4n) is 3.37. The number of aromatic nitrogens is 3. The number of imidazole rings is 1. The SMILES string of the molecule is Cc1ccc(CC(=O)N2CCCC[C@@H]2c2ccn3ccnc3n2)s1. The van der Waals surface area contributed by atoms with Gasteiger partial charge in [0.05, 0.1) is 18.2 Å². The summed E-state index contributed by atoms with van der Waals surface area (Å²) in [7, 11) is 0. The molecular formula is C18H20N4OS. The van der Waals surface area contributed by atoms with E-state index in [1.165, 1.54) is 4.88 Å². The molecule has 0 bridgehead atoms. The van der Waals surface area contributed by atoms with Gasteiger partial charge in [0, 0.05) is 34.9 Å². The monoisotopic (exact) mass is 340 g/mol. The lowest BCUT2D eigenvalue weighted by molar-refractivity contribution is -0.134. The van der Waals surface area contributed by atoms with Crippen LogP contribution in [0.3, 0.4) is 0 Å². The Labute approximate surface area is 145 Å². The van der Waals surface area contributed by atoms with Crippen molar-refractivity contribution in [3.05, 3.63) is 52.2 Å². The van der Waals surface area contributed by atoms with Crippen molar-refractivity contribution in [3.8, 4) is 0 Å². The average Bonchev–Trinajstić information content (AvgIpc) is 3.22. The number of aryl methyl sites for hydroxylation is 1. The zero-order valence-corrected chi connectivity index (χ0v) is 14.5. The van der Waals surface area contributed by atoms with Crippen LogP contribution in [-0.2, 0) is 11.2 Å². The van der Waals surface area contributed by atoms with Gasteiger partial charge in [0.25, 0.3) is 0 Å². The normalized spacial score (nSPS) is 18.2. The maximum Gasteiger partial charge on any atom is 0.233 e. The third-order valence-electron chi connectivity index (χ3n) is 4.57. The largest absolute Gasteiger partial charge is 0.334 e. The molecule has 4 rings (SSSR count). The van der Waals surface area contributed by atoms with Crippen molar-refractivity contribution in [2.24, 2.45) is 0 Å². The number of carbonyl (C=O) groups is 1. The number of thiophene rings is 1. The number of hydrogen-bond donors (Lipinski definition) is 0. The Morgan fingerprint density at radius 3 is 3.04 bits per heavy atom. The van der Waals surface area contributed by atoms with E-state index in [-0.39, 0.29) is 11.9 Å². The predicted molar refractivity (Wildman–Crippen MR) is 94.1 cm³/mol. The van der Waals surface area contributed by atoms with Crippen molar-refractivity contribution < 1.29 is 4.79 Å². The van der Waals surface area contributed by atoms with Crippen molar-refractivity contribution in [1.82, 2.24) is 19.3 Å². The van der Waals surface area contributed by atoms with E-state index in [0.29, 0.717) is 12.2 Å². The molecule has 0 unspecified atom stereocenters. The third kappa shape index (κ3) is 2.94. The first-order valence-corrected chi connectivity index (χ1v) is 9.17. The van der Waals surface area contributed by atoms with Crippen LogP contribution in [-0.4, -0.2) is 31.7 Å². The van der Waals surface area contributed by atoms with Crippen molar-refractivity contribution in [3.63, 3.8) is 0 Å². The second kappa shape index (κ2) is 6.36. The van der Waals surface area contributed by atoms with Crippen LogP contribution in [0.5, 0.6) is 0 Å². The molecule has 0 radical (unpaired) electrons. The molecule has 4 heterocycles. The fourth-order valence-corrected chi connectivity index (χ4v) is 4.25. The van der Waals surface area contributed by atoms with E-state index in [1.54, 1.807) is 17.5 Å². The number of likely N-dealkylation sites (tertiary alicyclic amines) is 1. The molecule has 0 aliphatic carbocycles. The second-order valence-corrected chi connectivity index (χ2v) is 7.65. The summed E-state index contributed by atoms with van der Waals surface area (Å²) in [4.78, 5) is 26.2. The Balaban J connectivity index is 1.58. The van der Waals surface area contributed by atoms with E-state index in [1.807, 2.05) is 27.8 Å². The van der Waals surface area contributed by atoms with Crippen LogP contribution >= 0.6 is 11.3 Å². The summed E-state index contributed by atoms with van der Waals surface area (Å²) in [6, 6.07) is 6.22. The lowest BCUT2D eigenvalue weighted by Gasteiger charge is -2.35. The highest BCUT2D eigenvalue weighted by Crippen LogP contribution is 2.31. The zero-order valence-electron chi connectivity index (χ0n) is 13.7. The van der Waals surface area contributed by atoms with E-state index >= 15 is 0 Å². The Morgan fingerprint density at radius 2 is 2.21 bits per heavy atom. The average molecular weight is 340 g/mol. The predicted octanol–water partition coefficient (Wildman–Crippen LogP) is 3.40. The molecule has 24 heavy (non-hydrogen) atoms. The highest BCUT2D eigenvalue weighted by molar-refractivity contribution is 7.12. The zero-order chi connectivity index (χ0) is 16.5. The van der Waals surface area contributed by atoms with Crippen molar-refractivity contribution in [2.75, 3.05) is 6.54 Å². The molecule has 0 spiro atoms. The van der Waals surface area contributed by atoms with Crippen LogP contribution in [0, 0.1) is 6.92 Å². The molecule has 0 aromatic carbocycles. The molecule has 5 nitrogen and oxygen atoms in total. The molecule has 6 heteroatoms. The van der Waals surface area contributed by atoms with Gasteiger partial charge in [-0.05, 0) is 44.4 Å². The first kappa shape index (κ1) is 15.3. The van der Waals surface area contributed by atoms with Gasteiger partial charge in [0.1, 0.15) is 0 Å². The summed E-state index contributed by atoms with van der Waals surface area (Å²) in [6.07, 6.45) is 9.26. The number of nitrogens with zero attached hydrogens (tertiary/aromatic N) is 4. The lowest BCUT2D eigenvalue weighted by Crippen LogP contribution is -2.39. The Bertz CT molecular complexity index is 869. The summed E-state index contributed by atoms with van der Waals surface area (Å²) >= 11 is 1.70. The van der Waals surface area contributed by atoms with E-state index in [2.05, 4.69) is 29.0 Å². The first-order valence-electron chi connectivity index (χ1n) is 8.35. The second-order valence-electron chi connectivity index (χ2n) is 6.27. The first-order chi connectivity index (χ1) is 11.7. The van der Waals surface area contributed by atoms with E-state index < -0.39 is 0 Å². The Morgan fingerprint density at radius 1 is 1.29 bits per heavy atom. The summed E-state index contributed by atoms with van der Waals surface area (Å²) in [5.74, 6) is 0.894. The maximum atomic E-state index is 12.9. The van der Waals surface area contributed by atoms with E-state index in [4.69, 9.17) is 0 Å². The number of amides is 1. The summed E-state index contributed by atoms with van der Waals surface area (Å²) < 4.78 is 1.90. The minimum absolute atomic E-state index is 0.0639. The van der Waals surface area contributed by atoms with Gasteiger partial charge in [0.2, 0.25) is 11.7 Å². The Kier molecular flexibility index (Phi) is 4.06. The minimum atomic E-state index is 0.0639. The standard InChI is InChI=1S/C18H20N4OS/c1-13-5-6-14(24-13)12-17(23)22-9-3-2-4-16(22)15-7-10-21-11-8-19-18(21)20-15/h5-8,10-11,16H,2-4,9,12H2,1H3/t16-/m1/s1. The summed E-state index contributed by atoms with van der Waals surface area (Å²) in [5.41, 5.74) is 0.948. The molecule has 0 N–H and O–H groups in total. The van der Waals surface area contributed by atoms with Gasteiger partial charge in [-0.3, -0.25) is 9.20 Å². The quantitative estimate of drug-likeness (QED) is 0.734. The molecule has 1 aliphatic rings. The van der Waals surface area contributed by atoms with Crippen molar-refractivity contribution in [1.29, 1.82) is 0 Å². The van der Waals surface area contributed by atoms with Crippen LogP contribution in [0.1, 0.15) is 40.8 Å². The number of hydrogen-bond acceptors (Lipinski definition) is 4. The van der Waals surface area contributed by atoms with Crippen LogP contribution in [0.25, 0.3) is 5.78 Å². The Hall–Kier alpha value is -2.21. The molecular weight excluding hydrogens is 320 g/mol. The van der Waals surface area contributed by atoms with Gasteiger partial charge >= 0.3 is 0 Å². The van der Waals surface area contributed by atoms with Crippen LogP contribution in [0.4, 0.5) is 0 Å². The van der Waals surface area contributed by atoms with E-state index in [0.717, 1.165) is 36.4 Å². The van der Waals surface area contributed by atoms with Gasteiger partial charge in [-0.25, -0.2) is 9.97 Å². The molecule has 1 atom stereocenters. The molecule has 1 amide bonds. The highest BCUT2D eigenvalue weighted by Gasteiger charge is 2.29. The van der Waals surface area contributed by atoms with E-state index in [9.17, 15) is 4.79 Å². The molecule has 3 aromatic heterocycles. The maximum absolute atomic E-state index is 12.9. The van der Waals surface area contributed by atoms with Crippen LogP contribution in [0.2, 0.25) is 0 Å². The van der Waals surface area contributed by atoms with Gasteiger partial charge < -0.3 is 4.90 Å².